The molecule has 0 unspecified atom stereocenters. The second-order valence-corrected chi connectivity index (χ2v) is 6.82. The summed E-state index contributed by atoms with van der Waals surface area (Å²) in [6.45, 7) is 0.822. The van der Waals surface area contributed by atoms with Crippen molar-refractivity contribution in [1.29, 1.82) is 0 Å². The molecule has 19 heavy (non-hydrogen) atoms. The number of benzene rings is 1. The van der Waals surface area contributed by atoms with Crippen molar-refractivity contribution in [1.82, 2.24) is 14.6 Å². The van der Waals surface area contributed by atoms with Crippen molar-refractivity contribution in [3.8, 4) is 0 Å². The molecule has 0 saturated heterocycles. The number of aromatic amines is 1. The molecule has 2 rings (SSSR count). The van der Waals surface area contributed by atoms with Gasteiger partial charge in [0.05, 0.1) is 5.75 Å². The lowest BCUT2D eigenvalue weighted by atomic mass is 10.1. The van der Waals surface area contributed by atoms with Crippen molar-refractivity contribution >= 4 is 20.9 Å². The number of nitrogens with zero attached hydrogens (tertiary/aromatic N) is 1. The van der Waals surface area contributed by atoms with Crippen LogP contribution < -0.4 is 4.72 Å². The molecular formula is C13H19N3O2S. The minimum atomic E-state index is -3.23. The first-order chi connectivity index (χ1) is 8.91. The van der Waals surface area contributed by atoms with Gasteiger partial charge in [-0.2, -0.15) is 0 Å². The monoisotopic (exact) mass is 281 g/mol. The van der Waals surface area contributed by atoms with Crippen LogP contribution in [0.3, 0.4) is 0 Å². The van der Waals surface area contributed by atoms with E-state index in [-0.39, 0.29) is 5.75 Å². The zero-order valence-corrected chi connectivity index (χ0v) is 12.2. The zero-order valence-electron chi connectivity index (χ0n) is 11.4. The molecule has 0 atom stereocenters. The Morgan fingerprint density at radius 3 is 2.68 bits per heavy atom. The second kappa shape index (κ2) is 5.32. The van der Waals surface area contributed by atoms with Crippen molar-refractivity contribution in [3.05, 3.63) is 35.5 Å². The smallest absolute Gasteiger partial charge is 0.215 e. The lowest BCUT2D eigenvalue weighted by Crippen LogP contribution is -2.20. The topological polar surface area (TPSA) is 65.2 Å². The highest BCUT2D eigenvalue weighted by molar-refractivity contribution is 7.88. The van der Waals surface area contributed by atoms with Gasteiger partial charge in [0.1, 0.15) is 0 Å². The molecule has 1 aromatic heterocycles. The Labute approximate surface area is 113 Å². The van der Waals surface area contributed by atoms with Crippen molar-refractivity contribution in [2.45, 2.75) is 12.3 Å². The van der Waals surface area contributed by atoms with Gasteiger partial charge in [-0.1, -0.05) is 6.07 Å². The minimum Gasteiger partial charge on any atom is -0.361 e. The molecule has 0 aliphatic rings. The van der Waals surface area contributed by atoms with Crippen molar-refractivity contribution < 1.29 is 8.42 Å². The molecule has 0 radical (unpaired) electrons. The van der Waals surface area contributed by atoms with Gasteiger partial charge >= 0.3 is 0 Å². The number of hydrogen-bond acceptors (Lipinski definition) is 3. The van der Waals surface area contributed by atoms with Gasteiger partial charge in [0.25, 0.3) is 0 Å². The fourth-order valence-electron chi connectivity index (χ4n) is 2.08. The van der Waals surface area contributed by atoms with Crippen LogP contribution in [0.25, 0.3) is 10.9 Å². The maximum atomic E-state index is 11.6. The lowest BCUT2D eigenvalue weighted by Gasteiger charge is -2.08. The molecule has 0 saturated carbocycles. The molecule has 0 bridgehead atoms. The fraction of sp³-hybridized carbons (Fsp3) is 0.385. The third kappa shape index (κ3) is 3.34. The summed E-state index contributed by atoms with van der Waals surface area (Å²) in [6.07, 6.45) is 1.97. The first-order valence-electron chi connectivity index (χ1n) is 6.06. The fourth-order valence-corrected chi connectivity index (χ4v) is 2.84. The molecule has 0 amide bonds. The molecule has 1 aromatic carbocycles. The molecular weight excluding hydrogens is 262 g/mol. The van der Waals surface area contributed by atoms with E-state index in [0.717, 1.165) is 23.0 Å². The first kappa shape index (κ1) is 14.0. The van der Waals surface area contributed by atoms with Crippen LogP contribution in [0.15, 0.2) is 24.4 Å². The average Bonchev–Trinajstić information content (AvgIpc) is 2.71. The van der Waals surface area contributed by atoms with Crippen molar-refractivity contribution in [3.63, 3.8) is 0 Å². The Kier molecular flexibility index (Phi) is 3.93. The van der Waals surface area contributed by atoms with Crippen LogP contribution in [0.1, 0.15) is 11.1 Å². The molecule has 0 aliphatic heterocycles. The van der Waals surface area contributed by atoms with E-state index in [0.29, 0.717) is 0 Å². The molecule has 2 N–H and O–H groups in total. The molecule has 2 aromatic rings. The largest absolute Gasteiger partial charge is 0.361 e. The molecule has 5 nitrogen and oxygen atoms in total. The van der Waals surface area contributed by atoms with Gasteiger partial charge in [-0.05, 0) is 44.4 Å². The van der Waals surface area contributed by atoms with E-state index in [1.807, 2.05) is 38.5 Å². The predicted molar refractivity (Wildman–Crippen MR) is 77.4 cm³/mol. The van der Waals surface area contributed by atoms with E-state index < -0.39 is 10.0 Å². The van der Waals surface area contributed by atoms with Crippen molar-refractivity contribution in [2.75, 3.05) is 21.1 Å². The van der Waals surface area contributed by atoms with Crippen LogP contribution >= 0.6 is 0 Å². The lowest BCUT2D eigenvalue weighted by molar-refractivity contribution is 0.404. The number of aromatic nitrogens is 1. The van der Waals surface area contributed by atoms with E-state index in [4.69, 9.17) is 0 Å². The van der Waals surface area contributed by atoms with E-state index in [1.165, 1.54) is 12.6 Å². The summed E-state index contributed by atoms with van der Waals surface area (Å²) >= 11 is 0. The van der Waals surface area contributed by atoms with Crippen LogP contribution in [0.4, 0.5) is 0 Å². The summed E-state index contributed by atoms with van der Waals surface area (Å²) in [5.41, 5.74) is 2.99. The molecule has 0 spiro atoms. The Morgan fingerprint density at radius 2 is 2.05 bits per heavy atom. The highest BCUT2D eigenvalue weighted by Crippen LogP contribution is 2.21. The van der Waals surface area contributed by atoms with E-state index in [9.17, 15) is 8.42 Å². The number of fused-ring (bicyclic) bond motifs is 1. The Hall–Kier alpha value is -1.37. The maximum absolute atomic E-state index is 11.6. The molecule has 0 aliphatic carbocycles. The summed E-state index contributed by atoms with van der Waals surface area (Å²) in [4.78, 5) is 5.29. The Bertz CT molecular complexity index is 674. The summed E-state index contributed by atoms with van der Waals surface area (Å²) in [5, 5.41) is 1.08. The maximum Gasteiger partial charge on any atom is 0.215 e. The van der Waals surface area contributed by atoms with Gasteiger partial charge in [-0.3, -0.25) is 0 Å². The average molecular weight is 281 g/mol. The third-order valence-electron chi connectivity index (χ3n) is 2.99. The van der Waals surface area contributed by atoms with Gasteiger partial charge in [0, 0.05) is 23.6 Å². The number of H-pyrrole nitrogens is 1. The van der Waals surface area contributed by atoms with Crippen LogP contribution in [-0.2, 0) is 22.3 Å². The quantitative estimate of drug-likeness (QED) is 0.867. The van der Waals surface area contributed by atoms with Crippen LogP contribution in [-0.4, -0.2) is 39.4 Å². The van der Waals surface area contributed by atoms with E-state index in [1.54, 1.807) is 0 Å². The molecule has 6 heteroatoms. The zero-order chi connectivity index (χ0) is 14.0. The van der Waals surface area contributed by atoms with Gasteiger partial charge < -0.3 is 9.88 Å². The highest BCUT2D eigenvalue weighted by Gasteiger charge is 2.11. The number of nitrogens with one attached hydrogen (secondary N) is 2. The molecule has 0 fully saturated rings. The first-order valence-corrected chi connectivity index (χ1v) is 7.71. The van der Waals surface area contributed by atoms with Crippen LogP contribution in [0.5, 0.6) is 0 Å². The normalized spacial score (nSPS) is 12.4. The van der Waals surface area contributed by atoms with E-state index >= 15 is 0 Å². The summed E-state index contributed by atoms with van der Waals surface area (Å²) < 4.78 is 25.5. The van der Waals surface area contributed by atoms with E-state index in [2.05, 4.69) is 14.6 Å². The van der Waals surface area contributed by atoms with Gasteiger partial charge in [-0.15, -0.1) is 0 Å². The number of rotatable bonds is 5. The summed E-state index contributed by atoms with van der Waals surface area (Å²) in [7, 11) is 2.22. The van der Waals surface area contributed by atoms with Crippen LogP contribution in [0, 0.1) is 0 Å². The molecule has 104 valence electrons. The Balaban J connectivity index is 2.38. The van der Waals surface area contributed by atoms with Crippen LogP contribution in [0.2, 0.25) is 0 Å². The van der Waals surface area contributed by atoms with Gasteiger partial charge in [0.2, 0.25) is 10.0 Å². The summed E-state index contributed by atoms with van der Waals surface area (Å²) in [5.74, 6) is 0.00598. The number of hydrogen-bond donors (Lipinski definition) is 2. The van der Waals surface area contributed by atoms with Gasteiger partial charge in [0.15, 0.2) is 0 Å². The Morgan fingerprint density at radius 1 is 1.32 bits per heavy atom. The molecule has 1 heterocycles. The predicted octanol–water partition coefficient (Wildman–Crippen LogP) is 1.28. The minimum absolute atomic E-state index is 0.00598. The summed E-state index contributed by atoms with van der Waals surface area (Å²) in [6, 6.07) is 5.71. The van der Waals surface area contributed by atoms with Gasteiger partial charge in [-0.25, -0.2) is 13.1 Å². The SMILES string of the molecule is CNS(=O)(=O)Cc1ccc2[nH]cc(CN(C)C)c2c1. The second-order valence-electron chi connectivity index (χ2n) is 4.89. The van der Waals surface area contributed by atoms with Crippen molar-refractivity contribution in [2.24, 2.45) is 0 Å². The number of sulfonamides is 1. The third-order valence-corrected chi connectivity index (χ3v) is 4.32. The highest BCUT2D eigenvalue weighted by atomic mass is 32.2. The standard InChI is InChI=1S/C13H19N3O2S/c1-14-19(17,18)9-10-4-5-13-12(6-10)11(7-15-13)8-16(2)3/h4-7,14-15H,8-9H2,1-3H3.